The van der Waals surface area contributed by atoms with Gasteiger partial charge in [-0.1, -0.05) is 12.2 Å². The molecule has 0 amide bonds. The van der Waals surface area contributed by atoms with Gasteiger partial charge in [0.1, 0.15) is 0 Å². The maximum absolute atomic E-state index is 10.6. The van der Waals surface area contributed by atoms with E-state index in [1.165, 1.54) is 0 Å². The van der Waals surface area contributed by atoms with Crippen LogP contribution >= 0.6 is 0 Å². The average molecular weight is 203 g/mol. The first-order chi connectivity index (χ1) is 7.25. The minimum Gasteiger partial charge on any atom is -0.478 e. The highest BCUT2D eigenvalue weighted by molar-refractivity contribution is 5.87. The SMILES string of the molecule is O=C(O)c1ccc(NCC2C=CC2)cc1. The lowest BCUT2D eigenvalue weighted by atomic mass is 9.95. The van der Waals surface area contributed by atoms with Crippen LogP contribution in [0.1, 0.15) is 16.8 Å². The van der Waals surface area contributed by atoms with E-state index in [0.29, 0.717) is 11.5 Å². The zero-order valence-electron chi connectivity index (χ0n) is 8.31. The van der Waals surface area contributed by atoms with Crippen LogP contribution in [-0.2, 0) is 0 Å². The normalized spacial score (nSPS) is 18.3. The second kappa shape index (κ2) is 4.17. The summed E-state index contributed by atoms with van der Waals surface area (Å²) in [7, 11) is 0. The van der Waals surface area contributed by atoms with Gasteiger partial charge >= 0.3 is 5.97 Å². The number of allylic oxidation sites excluding steroid dienone is 1. The lowest BCUT2D eigenvalue weighted by Gasteiger charge is -2.18. The van der Waals surface area contributed by atoms with E-state index >= 15 is 0 Å². The predicted octanol–water partition coefficient (Wildman–Crippen LogP) is 2.37. The summed E-state index contributed by atoms with van der Waals surface area (Å²) in [5.74, 6) is -0.257. The van der Waals surface area contributed by atoms with Crippen LogP contribution in [0.25, 0.3) is 0 Å². The largest absolute Gasteiger partial charge is 0.478 e. The molecular weight excluding hydrogens is 190 g/mol. The lowest BCUT2D eigenvalue weighted by Crippen LogP contribution is -2.15. The van der Waals surface area contributed by atoms with Gasteiger partial charge in [0.05, 0.1) is 5.56 Å². The number of carboxylic acids is 1. The summed E-state index contributed by atoms with van der Waals surface area (Å²) in [6, 6.07) is 6.82. The van der Waals surface area contributed by atoms with Gasteiger partial charge in [0.25, 0.3) is 0 Å². The van der Waals surface area contributed by atoms with Crippen molar-refractivity contribution in [1.82, 2.24) is 0 Å². The molecule has 0 aliphatic heterocycles. The molecule has 0 heterocycles. The van der Waals surface area contributed by atoms with E-state index in [1.807, 2.05) is 0 Å². The Hall–Kier alpha value is -1.77. The first-order valence-corrected chi connectivity index (χ1v) is 4.99. The summed E-state index contributed by atoms with van der Waals surface area (Å²) in [5, 5.41) is 12.0. The van der Waals surface area contributed by atoms with Crippen molar-refractivity contribution in [2.45, 2.75) is 6.42 Å². The number of anilines is 1. The van der Waals surface area contributed by atoms with E-state index in [-0.39, 0.29) is 0 Å². The Morgan fingerprint density at radius 1 is 1.40 bits per heavy atom. The fraction of sp³-hybridized carbons (Fsp3) is 0.250. The van der Waals surface area contributed by atoms with Crippen LogP contribution in [0.3, 0.4) is 0 Å². The molecule has 0 aromatic heterocycles. The topological polar surface area (TPSA) is 49.3 Å². The molecule has 0 bridgehead atoms. The highest BCUT2D eigenvalue weighted by Gasteiger charge is 2.09. The minimum atomic E-state index is -0.886. The van der Waals surface area contributed by atoms with Gasteiger partial charge in [0.2, 0.25) is 0 Å². The standard InChI is InChI=1S/C12H13NO2/c14-12(15)10-4-6-11(7-5-10)13-8-9-2-1-3-9/h1-2,4-7,9,13H,3,8H2,(H,14,15). The molecule has 1 aromatic rings. The molecule has 15 heavy (non-hydrogen) atoms. The predicted molar refractivity (Wildman–Crippen MR) is 59.1 cm³/mol. The van der Waals surface area contributed by atoms with Gasteiger partial charge in [-0.15, -0.1) is 0 Å². The molecule has 0 saturated carbocycles. The second-order valence-electron chi connectivity index (χ2n) is 3.69. The molecule has 2 N–H and O–H groups in total. The second-order valence-corrected chi connectivity index (χ2v) is 3.69. The third-order valence-electron chi connectivity index (χ3n) is 2.55. The van der Waals surface area contributed by atoms with Crippen molar-refractivity contribution in [2.75, 3.05) is 11.9 Å². The highest BCUT2D eigenvalue weighted by atomic mass is 16.4. The number of carbonyl (C=O) groups is 1. The number of nitrogens with one attached hydrogen (secondary N) is 1. The fourth-order valence-electron chi connectivity index (χ4n) is 1.46. The van der Waals surface area contributed by atoms with Gasteiger partial charge in [-0.3, -0.25) is 0 Å². The number of hydrogen-bond donors (Lipinski definition) is 2. The molecule has 0 spiro atoms. The quantitative estimate of drug-likeness (QED) is 0.738. The summed E-state index contributed by atoms with van der Waals surface area (Å²) in [5.41, 5.74) is 1.30. The molecule has 1 aromatic carbocycles. The molecule has 78 valence electrons. The van der Waals surface area contributed by atoms with Crippen molar-refractivity contribution in [3.63, 3.8) is 0 Å². The summed E-state index contributed by atoms with van der Waals surface area (Å²) in [4.78, 5) is 10.6. The maximum Gasteiger partial charge on any atom is 0.335 e. The Morgan fingerprint density at radius 2 is 2.07 bits per heavy atom. The van der Waals surface area contributed by atoms with Gasteiger partial charge in [-0.25, -0.2) is 4.79 Å². The van der Waals surface area contributed by atoms with E-state index < -0.39 is 5.97 Å². The third kappa shape index (κ3) is 2.37. The average Bonchev–Trinajstić information content (AvgIpc) is 2.16. The molecule has 1 atom stereocenters. The van der Waals surface area contributed by atoms with Crippen molar-refractivity contribution < 1.29 is 9.90 Å². The van der Waals surface area contributed by atoms with E-state index in [1.54, 1.807) is 24.3 Å². The molecular formula is C12H13NO2. The van der Waals surface area contributed by atoms with Crippen molar-refractivity contribution in [2.24, 2.45) is 5.92 Å². The first kappa shape index (κ1) is 9.77. The molecule has 1 unspecified atom stereocenters. The van der Waals surface area contributed by atoms with Gasteiger partial charge in [-0.05, 0) is 36.6 Å². The van der Waals surface area contributed by atoms with E-state index in [0.717, 1.165) is 18.7 Å². The molecule has 0 radical (unpaired) electrons. The van der Waals surface area contributed by atoms with Crippen LogP contribution in [-0.4, -0.2) is 17.6 Å². The molecule has 0 fully saturated rings. The Labute approximate surface area is 88.4 Å². The molecule has 0 saturated heterocycles. The van der Waals surface area contributed by atoms with Crippen LogP contribution in [0.2, 0.25) is 0 Å². The molecule has 3 heteroatoms. The van der Waals surface area contributed by atoms with Crippen LogP contribution < -0.4 is 5.32 Å². The maximum atomic E-state index is 10.6. The van der Waals surface area contributed by atoms with Gasteiger partial charge in [0.15, 0.2) is 0 Å². The van der Waals surface area contributed by atoms with Crippen LogP contribution in [0, 0.1) is 5.92 Å². The zero-order chi connectivity index (χ0) is 10.7. The summed E-state index contributed by atoms with van der Waals surface area (Å²) in [6.45, 7) is 0.920. The van der Waals surface area contributed by atoms with Gasteiger partial charge < -0.3 is 10.4 Å². The van der Waals surface area contributed by atoms with E-state index in [2.05, 4.69) is 17.5 Å². The monoisotopic (exact) mass is 203 g/mol. The highest BCUT2D eigenvalue weighted by Crippen LogP contribution is 2.17. The molecule has 2 rings (SSSR count). The van der Waals surface area contributed by atoms with E-state index in [9.17, 15) is 4.79 Å². The molecule has 1 aliphatic carbocycles. The third-order valence-corrected chi connectivity index (χ3v) is 2.55. The number of carboxylic acid groups (broad SMARTS) is 1. The Bertz CT molecular complexity index is 381. The Balaban J connectivity index is 1.91. The van der Waals surface area contributed by atoms with Crippen LogP contribution in [0.5, 0.6) is 0 Å². The first-order valence-electron chi connectivity index (χ1n) is 4.99. The summed E-state index contributed by atoms with van der Waals surface area (Å²) in [6.07, 6.45) is 5.47. The Morgan fingerprint density at radius 3 is 2.53 bits per heavy atom. The minimum absolute atomic E-state index is 0.323. The Kier molecular flexibility index (Phi) is 2.72. The zero-order valence-corrected chi connectivity index (χ0v) is 8.31. The number of aromatic carboxylic acids is 1. The van der Waals surface area contributed by atoms with Crippen molar-refractivity contribution in [3.8, 4) is 0 Å². The lowest BCUT2D eigenvalue weighted by molar-refractivity contribution is 0.0697. The molecule has 1 aliphatic rings. The van der Waals surface area contributed by atoms with Gasteiger partial charge in [0, 0.05) is 12.2 Å². The van der Waals surface area contributed by atoms with E-state index in [4.69, 9.17) is 5.11 Å². The number of rotatable bonds is 4. The summed E-state index contributed by atoms with van der Waals surface area (Å²) < 4.78 is 0. The van der Waals surface area contributed by atoms with Crippen molar-refractivity contribution in [1.29, 1.82) is 0 Å². The number of benzene rings is 1. The number of hydrogen-bond acceptors (Lipinski definition) is 2. The fourth-order valence-corrected chi connectivity index (χ4v) is 1.46. The van der Waals surface area contributed by atoms with Crippen LogP contribution in [0.4, 0.5) is 5.69 Å². The van der Waals surface area contributed by atoms with Crippen molar-refractivity contribution in [3.05, 3.63) is 42.0 Å². The van der Waals surface area contributed by atoms with Crippen molar-refractivity contribution >= 4 is 11.7 Å². The van der Waals surface area contributed by atoms with Crippen LogP contribution in [0.15, 0.2) is 36.4 Å². The smallest absolute Gasteiger partial charge is 0.335 e. The summed E-state index contributed by atoms with van der Waals surface area (Å²) >= 11 is 0. The van der Waals surface area contributed by atoms with Gasteiger partial charge in [-0.2, -0.15) is 0 Å². The molecule has 3 nitrogen and oxygen atoms in total.